The minimum atomic E-state index is -3.83. The van der Waals surface area contributed by atoms with Gasteiger partial charge in [-0.1, -0.05) is 35.9 Å². The van der Waals surface area contributed by atoms with Gasteiger partial charge in [-0.3, -0.25) is 9.59 Å². The second-order valence-electron chi connectivity index (χ2n) is 7.95. The van der Waals surface area contributed by atoms with Gasteiger partial charge in [0.1, 0.15) is 5.82 Å². The van der Waals surface area contributed by atoms with Gasteiger partial charge in [0.2, 0.25) is 21.8 Å². The number of sulfonamides is 1. The summed E-state index contributed by atoms with van der Waals surface area (Å²) in [6, 6.07) is 12.2. The predicted octanol–water partition coefficient (Wildman–Crippen LogP) is 2.36. The highest BCUT2D eigenvalue weighted by atomic mass is 35.5. The van der Waals surface area contributed by atoms with Crippen molar-refractivity contribution in [3.8, 4) is 0 Å². The summed E-state index contributed by atoms with van der Waals surface area (Å²) in [5, 5.41) is 0.575. The van der Waals surface area contributed by atoms with Crippen molar-refractivity contribution in [2.45, 2.75) is 17.9 Å². The summed E-state index contributed by atoms with van der Waals surface area (Å²) in [6.45, 7) is 1.35. The van der Waals surface area contributed by atoms with E-state index in [1.807, 2.05) is 18.2 Å². The van der Waals surface area contributed by atoms with Crippen molar-refractivity contribution >= 4 is 33.4 Å². The Labute approximate surface area is 191 Å². The number of benzene rings is 2. The van der Waals surface area contributed by atoms with Crippen LogP contribution in [0.2, 0.25) is 5.02 Å². The van der Waals surface area contributed by atoms with Gasteiger partial charge in [-0.25, -0.2) is 12.8 Å². The highest BCUT2D eigenvalue weighted by molar-refractivity contribution is 7.89. The van der Waals surface area contributed by atoms with Gasteiger partial charge in [-0.15, -0.1) is 0 Å². The van der Waals surface area contributed by atoms with E-state index in [1.165, 1.54) is 22.5 Å². The minimum Gasteiger partial charge on any atom is -0.340 e. The molecular weight excluding hydrogens is 457 g/mol. The fourth-order valence-electron chi connectivity index (χ4n) is 4.11. The molecule has 2 heterocycles. The highest BCUT2D eigenvalue weighted by Gasteiger charge is 2.38. The van der Waals surface area contributed by atoms with Crippen molar-refractivity contribution in [3.05, 3.63) is 64.9 Å². The third kappa shape index (κ3) is 4.65. The molecule has 0 aliphatic carbocycles. The molecule has 1 atom stereocenters. The Morgan fingerprint density at radius 1 is 1.06 bits per heavy atom. The number of nitrogens with zero attached hydrogens (tertiary/aromatic N) is 3. The van der Waals surface area contributed by atoms with E-state index in [0.717, 1.165) is 11.6 Å². The van der Waals surface area contributed by atoms with Gasteiger partial charge in [0.25, 0.3) is 0 Å². The second-order valence-corrected chi connectivity index (χ2v) is 10.3. The molecule has 32 heavy (non-hydrogen) atoms. The lowest BCUT2D eigenvalue weighted by Gasteiger charge is -2.35. The molecule has 2 amide bonds. The molecule has 2 aliphatic rings. The predicted molar refractivity (Wildman–Crippen MR) is 117 cm³/mol. The molecule has 0 N–H and O–H groups in total. The first-order valence-electron chi connectivity index (χ1n) is 10.3. The molecular formula is C22H23ClFN3O4S. The van der Waals surface area contributed by atoms with Crippen molar-refractivity contribution in [2.24, 2.45) is 5.92 Å². The number of carbonyl (C=O) groups is 2. The van der Waals surface area contributed by atoms with Crippen LogP contribution in [0.1, 0.15) is 12.0 Å². The molecule has 4 rings (SSSR count). The summed E-state index contributed by atoms with van der Waals surface area (Å²) < 4.78 is 40.2. The standard InChI is InChI=1S/C22H23ClFN3O4S/c23-20-7-2-1-4-16(20)14-26-15-17(12-21(26)28)22(29)25-8-10-27(11-9-25)32(30,31)19-6-3-5-18(24)13-19/h1-7,13,17H,8-12,14-15H2/t17-/m0/s1. The first kappa shape index (κ1) is 22.7. The first-order chi connectivity index (χ1) is 15.3. The van der Waals surface area contributed by atoms with Crippen LogP contribution in [0.25, 0.3) is 0 Å². The van der Waals surface area contributed by atoms with Gasteiger partial charge in [0, 0.05) is 50.7 Å². The molecule has 10 heteroatoms. The van der Waals surface area contributed by atoms with Crippen LogP contribution in [-0.2, 0) is 26.2 Å². The summed E-state index contributed by atoms with van der Waals surface area (Å²) in [5.74, 6) is -1.33. The molecule has 2 fully saturated rings. The van der Waals surface area contributed by atoms with E-state index in [2.05, 4.69) is 0 Å². The van der Waals surface area contributed by atoms with Crippen LogP contribution in [-0.4, -0.2) is 67.1 Å². The third-order valence-corrected chi connectivity index (χ3v) is 8.13. The number of rotatable bonds is 5. The van der Waals surface area contributed by atoms with Crippen LogP contribution >= 0.6 is 11.6 Å². The van der Waals surface area contributed by atoms with Crippen LogP contribution in [0, 0.1) is 11.7 Å². The van der Waals surface area contributed by atoms with Gasteiger partial charge >= 0.3 is 0 Å². The zero-order valence-corrected chi connectivity index (χ0v) is 18.9. The van der Waals surface area contributed by atoms with Crippen LogP contribution in [0.4, 0.5) is 4.39 Å². The number of hydrogen-bond donors (Lipinski definition) is 0. The fraction of sp³-hybridized carbons (Fsp3) is 0.364. The van der Waals surface area contributed by atoms with E-state index in [0.29, 0.717) is 18.1 Å². The van der Waals surface area contributed by atoms with Crippen molar-refractivity contribution in [1.82, 2.24) is 14.1 Å². The van der Waals surface area contributed by atoms with Crippen LogP contribution in [0.3, 0.4) is 0 Å². The number of halogens is 2. The highest BCUT2D eigenvalue weighted by Crippen LogP contribution is 2.26. The monoisotopic (exact) mass is 479 g/mol. The lowest BCUT2D eigenvalue weighted by Crippen LogP contribution is -2.52. The van der Waals surface area contributed by atoms with Gasteiger partial charge in [-0.2, -0.15) is 4.31 Å². The normalized spacial score (nSPS) is 20.1. The topological polar surface area (TPSA) is 78.0 Å². The smallest absolute Gasteiger partial charge is 0.243 e. The van der Waals surface area contributed by atoms with Crippen LogP contribution in [0.15, 0.2) is 53.4 Å². The molecule has 0 unspecified atom stereocenters. The van der Waals surface area contributed by atoms with Gasteiger partial charge in [0.15, 0.2) is 0 Å². The van der Waals surface area contributed by atoms with Crippen LogP contribution in [0.5, 0.6) is 0 Å². The second kappa shape index (κ2) is 9.17. The first-order valence-corrected chi connectivity index (χ1v) is 12.1. The largest absolute Gasteiger partial charge is 0.340 e. The molecule has 0 radical (unpaired) electrons. The van der Waals surface area contributed by atoms with E-state index in [-0.39, 0.29) is 49.3 Å². The maximum absolute atomic E-state index is 13.5. The summed E-state index contributed by atoms with van der Waals surface area (Å²) in [7, 11) is -3.83. The molecule has 2 aromatic carbocycles. The maximum atomic E-state index is 13.5. The third-order valence-electron chi connectivity index (χ3n) is 5.87. The number of piperazine rings is 1. The van der Waals surface area contributed by atoms with E-state index in [1.54, 1.807) is 15.9 Å². The Bertz CT molecular complexity index is 1140. The van der Waals surface area contributed by atoms with Crippen molar-refractivity contribution in [1.29, 1.82) is 0 Å². The zero-order chi connectivity index (χ0) is 22.9. The number of likely N-dealkylation sites (tertiary alicyclic amines) is 1. The van der Waals surface area contributed by atoms with Crippen LogP contribution < -0.4 is 0 Å². The van der Waals surface area contributed by atoms with E-state index in [4.69, 9.17) is 11.6 Å². The summed E-state index contributed by atoms with van der Waals surface area (Å²) in [6.07, 6.45) is 0.130. The van der Waals surface area contributed by atoms with E-state index in [9.17, 15) is 22.4 Å². The quantitative estimate of drug-likeness (QED) is 0.659. The number of amides is 2. The lowest BCUT2D eigenvalue weighted by atomic mass is 10.1. The summed E-state index contributed by atoms with van der Waals surface area (Å²) in [5.41, 5.74) is 0.826. The Hall–Kier alpha value is -2.49. The SMILES string of the molecule is O=C1C[C@H](C(=O)N2CCN(S(=O)(=O)c3cccc(F)c3)CC2)CN1Cc1ccccc1Cl. The maximum Gasteiger partial charge on any atom is 0.243 e. The molecule has 170 valence electrons. The summed E-state index contributed by atoms with van der Waals surface area (Å²) >= 11 is 6.19. The minimum absolute atomic E-state index is 0.101. The fourth-order valence-corrected chi connectivity index (χ4v) is 5.76. The Morgan fingerprint density at radius 3 is 2.47 bits per heavy atom. The van der Waals surface area contributed by atoms with Crippen molar-refractivity contribution in [3.63, 3.8) is 0 Å². The molecule has 0 spiro atoms. The lowest BCUT2D eigenvalue weighted by molar-refractivity contribution is -0.137. The van der Waals surface area contributed by atoms with Gasteiger partial charge in [-0.05, 0) is 29.8 Å². The Kier molecular flexibility index (Phi) is 6.50. The van der Waals surface area contributed by atoms with Crippen molar-refractivity contribution in [2.75, 3.05) is 32.7 Å². The Balaban J connectivity index is 1.35. The van der Waals surface area contributed by atoms with E-state index < -0.39 is 21.8 Å². The van der Waals surface area contributed by atoms with Crippen molar-refractivity contribution < 1.29 is 22.4 Å². The average Bonchev–Trinajstić information content (AvgIpc) is 3.15. The molecule has 0 aromatic heterocycles. The number of carbonyl (C=O) groups excluding carboxylic acids is 2. The summed E-state index contributed by atoms with van der Waals surface area (Å²) in [4.78, 5) is 28.6. The molecule has 7 nitrogen and oxygen atoms in total. The average molecular weight is 480 g/mol. The molecule has 2 saturated heterocycles. The molecule has 2 aromatic rings. The molecule has 0 saturated carbocycles. The molecule has 0 bridgehead atoms. The number of hydrogen-bond acceptors (Lipinski definition) is 4. The van der Waals surface area contributed by atoms with Gasteiger partial charge < -0.3 is 9.80 Å². The Morgan fingerprint density at radius 2 is 1.78 bits per heavy atom. The molecule has 2 aliphatic heterocycles. The van der Waals surface area contributed by atoms with E-state index >= 15 is 0 Å². The van der Waals surface area contributed by atoms with Gasteiger partial charge in [0.05, 0.1) is 10.8 Å². The zero-order valence-electron chi connectivity index (χ0n) is 17.3.